The normalized spacial score (nSPS) is 13.9. The lowest BCUT2D eigenvalue weighted by Gasteiger charge is -2.16. The number of rotatable bonds is 5. The van der Waals surface area contributed by atoms with Crippen LogP contribution in [0.4, 0.5) is 0 Å². The first-order valence-electron chi connectivity index (χ1n) is 5.91. The number of amides is 1. The Balaban J connectivity index is 2.44. The summed E-state index contributed by atoms with van der Waals surface area (Å²) >= 11 is 3.39. The highest BCUT2D eigenvalue weighted by molar-refractivity contribution is 9.10. The average molecular weight is 330 g/mol. The van der Waals surface area contributed by atoms with Crippen molar-refractivity contribution in [1.82, 2.24) is 5.32 Å². The van der Waals surface area contributed by atoms with E-state index in [1.54, 1.807) is 6.07 Å². The number of carbonyl (C=O) groups excluding carboxylic acids is 1. The summed E-state index contributed by atoms with van der Waals surface area (Å²) in [6.45, 7) is 0. The van der Waals surface area contributed by atoms with Crippen LogP contribution in [0.3, 0.4) is 0 Å². The minimum atomic E-state index is -0.145. The zero-order valence-electron chi connectivity index (χ0n) is 11.1. The second-order valence-electron chi connectivity index (χ2n) is 4.25. The van der Waals surface area contributed by atoms with Crippen LogP contribution in [0.15, 0.2) is 10.5 Å². The average Bonchev–Trinajstić information content (AvgIpc) is 3.21. The first-order valence-corrected chi connectivity index (χ1v) is 6.71. The van der Waals surface area contributed by atoms with Gasteiger partial charge < -0.3 is 19.5 Å². The van der Waals surface area contributed by atoms with E-state index in [2.05, 4.69) is 21.2 Å². The summed E-state index contributed by atoms with van der Waals surface area (Å²) in [6, 6.07) is 1.93. The lowest BCUT2D eigenvalue weighted by Crippen LogP contribution is -2.25. The summed E-state index contributed by atoms with van der Waals surface area (Å²) in [7, 11) is 4.56. The monoisotopic (exact) mass is 329 g/mol. The molecule has 5 nitrogen and oxygen atoms in total. The van der Waals surface area contributed by atoms with E-state index in [1.807, 2.05) is 0 Å². The number of methoxy groups -OCH3 is 3. The highest BCUT2D eigenvalue weighted by Gasteiger charge is 2.27. The number of carbonyl (C=O) groups is 1. The largest absolute Gasteiger partial charge is 0.493 e. The van der Waals surface area contributed by atoms with Gasteiger partial charge in [-0.2, -0.15) is 0 Å². The molecule has 0 spiro atoms. The third-order valence-electron chi connectivity index (χ3n) is 2.93. The predicted molar refractivity (Wildman–Crippen MR) is 74.3 cm³/mol. The summed E-state index contributed by atoms with van der Waals surface area (Å²) in [5.41, 5.74) is 0.474. The lowest BCUT2D eigenvalue weighted by molar-refractivity contribution is 0.0949. The Morgan fingerprint density at radius 3 is 2.32 bits per heavy atom. The van der Waals surface area contributed by atoms with Crippen LogP contribution in [0.1, 0.15) is 23.2 Å². The molecular formula is C13H16BrNO4. The van der Waals surface area contributed by atoms with Crippen LogP contribution in [-0.2, 0) is 0 Å². The minimum Gasteiger partial charge on any atom is -0.493 e. The van der Waals surface area contributed by atoms with E-state index in [-0.39, 0.29) is 5.91 Å². The second kappa shape index (κ2) is 5.69. The Hall–Kier alpha value is -1.43. The molecule has 0 radical (unpaired) electrons. The Morgan fingerprint density at radius 1 is 1.21 bits per heavy atom. The molecule has 2 rings (SSSR count). The maximum atomic E-state index is 12.2. The highest BCUT2D eigenvalue weighted by Crippen LogP contribution is 2.44. The van der Waals surface area contributed by atoms with Gasteiger partial charge in [-0.1, -0.05) is 0 Å². The maximum absolute atomic E-state index is 12.2. The van der Waals surface area contributed by atoms with E-state index < -0.39 is 0 Å². The van der Waals surface area contributed by atoms with E-state index in [1.165, 1.54) is 21.3 Å². The number of benzene rings is 1. The van der Waals surface area contributed by atoms with E-state index in [9.17, 15) is 4.79 Å². The summed E-state index contributed by atoms with van der Waals surface area (Å²) < 4.78 is 16.3. The summed E-state index contributed by atoms with van der Waals surface area (Å²) in [6.07, 6.45) is 2.07. The summed E-state index contributed by atoms with van der Waals surface area (Å²) in [5.74, 6) is 1.22. The van der Waals surface area contributed by atoms with Crippen molar-refractivity contribution in [1.29, 1.82) is 0 Å². The van der Waals surface area contributed by atoms with Gasteiger partial charge in [-0.3, -0.25) is 4.79 Å². The van der Waals surface area contributed by atoms with Crippen LogP contribution in [0.2, 0.25) is 0 Å². The Morgan fingerprint density at radius 2 is 1.84 bits per heavy atom. The van der Waals surface area contributed by atoms with Crippen LogP contribution < -0.4 is 19.5 Å². The molecule has 1 aromatic rings. The smallest absolute Gasteiger partial charge is 0.252 e. The molecule has 0 saturated heterocycles. The third-order valence-corrected chi connectivity index (χ3v) is 3.71. The molecule has 1 saturated carbocycles. The standard InChI is InChI=1S/C13H16BrNO4/c1-17-9-6-8(13(16)15-7-4-5-7)10(14)12(19-3)11(9)18-2/h6-7H,4-5H2,1-3H3,(H,15,16). The van der Waals surface area contributed by atoms with Gasteiger partial charge in [-0.25, -0.2) is 0 Å². The van der Waals surface area contributed by atoms with Gasteiger partial charge in [0.05, 0.1) is 31.4 Å². The van der Waals surface area contributed by atoms with Crippen molar-refractivity contribution in [2.45, 2.75) is 18.9 Å². The molecule has 1 fully saturated rings. The molecule has 0 bridgehead atoms. The Kier molecular flexibility index (Phi) is 4.19. The number of ether oxygens (including phenoxy) is 3. The molecule has 6 heteroatoms. The fourth-order valence-electron chi connectivity index (χ4n) is 1.78. The summed E-state index contributed by atoms with van der Waals surface area (Å²) in [4.78, 5) is 12.2. The van der Waals surface area contributed by atoms with Crippen LogP contribution in [-0.4, -0.2) is 33.3 Å². The first kappa shape index (κ1) is 14.0. The zero-order valence-corrected chi connectivity index (χ0v) is 12.7. The number of nitrogens with one attached hydrogen (secondary N) is 1. The van der Waals surface area contributed by atoms with Crippen molar-refractivity contribution in [3.05, 3.63) is 16.1 Å². The number of halogens is 1. The van der Waals surface area contributed by atoms with E-state index in [0.717, 1.165) is 12.8 Å². The van der Waals surface area contributed by atoms with Gasteiger partial charge in [0, 0.05) is 6.04 Å². The quantitative estimate of drug-likeness (QED) is 0.901. The summed E-state index contributed by atoms with van der Waals surface area (Å²) in [5, 5.41) is 2.93. The predicted octanol–water partition coefficient (Wildman–Crippen LogP) is 2.37. The van der Waals surface area contributed by atoms with Gasteiger partial charge in [0.1, 0.15) is 0 Å². The molecule has 19 heavy (non-hydrogen) atoms. The molecule has 0 aromatic heterocycles. The van der Waals surface area contributed by atoms with Gasteiger partial charge in [0.25, 0.3) is 5.91 Å². The van der Waals surface area contributed by atoms with Crippen molar-refractivity contribution < 1.29 is 19.0 Å². The SMILES string of the molecule is COc1cc(C(=O)NC2CC2)c(Br)c(OC)c1OC. The van der Waals surface area contributed by atoms with Crippen LogP contribution in [0.5, 0.6) is 17.2 Å². The van der Waals surface area contributed by atoms with Gasteiger partial charge in [-0.05, 0) is 34.8 Å². The van der Waals surface area contributed by atoms with Crippen molar-refractivity contribution >= 4 is 21.8 Å². The molecular weight excluding hydrogens is 314 g/mol. The van der Waals surface area contributed by atoms with Crippen molar-refractivity contribution in [2.24, 2.45) is 0 Å². The van der Waals surface area contributed by atoms with E-state index >= 15 is 0 Å². The van der Waals surface area contributed by atoms with Crippen LogP contribution in [0.25, 0.3) is 0 Å². The van der Waals surface area contributed by atoms with E-state index in [4.69, 9.17) is 14.2 Å². The molecule has 0 unspecified atom stereocenters. The zero-order chi connectivity index (χ0) is 14.0. The van der Waals surface area contributed by atoms with Gasteiger partial charge >= 0.3 is 0 Å². The molecule has 1 aliphatic rings. The minimum absolute atomic E-state index is 0.145. The molecule has 0 atom stereocenters. The maximum Gasteiger partial charge on any atom is 0.252 e. The molecule has 1 aliphatic carbocycles. The van der Waals surface area contributed by atoms with Gasteiger partial charge in [0.2, 0.25) is 5.75 Å². The van der Waals surface area contributed by atoms with Gasteiger partial charge in [-0.15, -0.1) is 0 Å². The van der Waals surface area contributed by atoms with Gasteiger partial charge in [0.15, 0.2) is 11.5 Å². The van der Waals surface area contributed by atoms with Crippen molar-refractivity contribution in [3.63, 3.8) is 0 Å². The van der Waals surface area contributed by atoms with Crippen molar-refractivity contribution in [3.8, 4) is 17.2 Å². The molecule has 0 heterocycles. The second-order valence-corrected chi connectivity index (χ2v) is 5.05. The Labute approximate surface area is 120 Å². The number of hydrogen-bond acceptors (Lipinski definition) is 4. The van der Waals surface area contributed by atoms with E-state index in [0.29, 0.717) is 33.3 Å². The Bertz CT molecular complexity index is 500. The van der Waals surface area contributed by atoms with Crippen molar-refractivity contribution in [2.75, 3.05) is 21.3 Å². The fourth-order valence-corrected chi connectivity index (χ4v) is 2.41. The van der Waals surface area contributed by atoms with Crippen LogP contribution in [0, 0.1) is 0 Å². The third kappa shape index (κ3) is 2.78. The topological polar surface area (TPSA) is 56.8 Å². The molecule has 0 aliphatic heterocycles. The number of hydrogen-bond donors (Lipinski definition) is 1. The van der Waals surface area contributed by atoms with Crippen LogP contribution >= 0.6 is 15.9 Å². The molecule has 1 amide bonds. The first-order chi connectivity index (χ1) is 9.12. The fraction of sp³-hybridized carbons (Fsp3) is 0.462. The highest BCUT2D eigenvalue weighted by atomic mass is 79.9. The lowest BCUT2D eigenvalue weighted by atomic mass is 10.1. The molecule has 104 valence electrons. The molecule has 1 aromatic carbocycles. The molecule has 1 N–H and O–H groups in total.